The number of ether oxygens (including phenoxy) is 1. The predicted molar refractivity (Wildman–Crippen MR) is 79.0 cm³/mol. The van der Waals surface area contributed by atoms with Crippen LogP contribution in [0.1, 0.15) is 26.2 Å². The van der Waals surface area contributed by atoms with E-state index < -0.39 is 0 Å². The highest BCUT2D eigenvalue weighted by Gasteiger charge is 2.22. The highest BCUT2D eigenvalue weighted by molar-refractivity contribution is 9.10. The fraction of sp³-hybridized carbons (Fsp3) is 0.600. The first kappa shape index (κ1) is 13.9. The van der Waals surface area contributed by atoms with Crippen LogP contribution in [0.5, 0.6) is 5.75 Å². The third-order valence-electron chi connectivity index (χ3n) is 3.81. The zero-order chi connectivity index (χ0) is 12.8. The summed E-state index contributed by atoms with van der Waals surface area (Å²) in [7, 11) is 0. The molecule has 1 aliphatic carbocycles. The van der Waals surface area contributed by atoms with Crippen LogP contribution >= 0.6 is 15.9 Å². The Balaban J connectivity index is 1.57. The van der Waals surface area contributed by atoms with Gasteiger partial charge in [0, 0.05) is 11.0 Å². The van der Waals surface area contributed by atoms with E-state index in [1.807, 2.05) is 24.3 Å². The van der Waals surface area contributed by atoms with Crippen LogP contribution in [0.2, 0.25) is 0 Å². The molecule has 0 saturated heterocycles. The van der Waals surface area contributed by atoms with Crippen molar-refractivity contribution >= 4 is 15.9 Å². The normalized spacial score (nSPS) is 23.2. The first-order chi connectivity index (χ1) is 8.75. The average Bonchev–Trinajstić information content (AvgIpc) is 2.77. The van der Waals surface area contributed by atoms with E-state index in [0.717, 1.165) is 41.8 Å². The van der Waals surface area contributed by atoms with Crippen molar-refractivity contribution in [3.05, 3.63) is 28.7 Å². The van der Waals surface area contributed by atoms with Crippen molar-refractivity contribution in [2.75, 3.05) is 19.7 Å². The molecule has 2 nitrogen and oxygen atoms in total. The van der Waals surface area contributed by atoms with Crippen LogP contribution in [0.3, 0.4) is 0 Å². The lowest BCUT2D eigenvalue weighted by Crippen LogP contribution is -2.28. The van der Waals surface area contributed by atoms with E-state index in [1.165, 1.54) is 19.3 Å². The van der Waals surface area contributed by atoms with E-state index >= 15 is 0 Å². The molecule has 0 bridgehead atoms. The molecule has 2 rings (SSSR count). The molecule has 1 fully saturated rings. The van der Waals surface area contributed by atoms with E-state index in [-0.39, 0.29) is 0 Å². The second-order valence-electron chi connectivity index (χ2n) is 5.17. The Hall–Kier alpha value is -0.540. The summed E-state index contributed by atoms with van der Waals surface area (Å²) in [5.41, 5.74) is 0. The molecule has 18 heavy (non-hydrogen) atoms. The zero-order valence-electron chi connectivity index (χ0n) is 11.0. The number of halogens is 1. The van der Waals surface area contributed by atoms with Crippen LogP contribution in [0.15, 0.2) is 28.7 Å². The maximum Gasteiger partial charge on any atom is 0.119 e. The second kappa shape index (κ2) is 7.15. The molecule has 1 aliphatic rings. The monoisotopic (exact) mass is 311 g/mol. The molecule has 2 unspecified atom stereocenters. The Bertz CT molecular complexity index is 352. The van der Waals surface area contributed by atoms with Gasteiger partial charge in [-0.05, 0) is 49.1 Å². The third kappa shape index (κ3) is 4.29. The molecule has 0 aromatic heterocycles. The number of hydrogen-bond donors (Lipinski definition) is 1. The van der Waals surface area contributed by atoms with Crippen LogP contribution in [0.4, 0.5) is 0 Å². The molecular formula is C15H22BrNO. The maximum atomic E-state index is 5.67. The van der Waals surface area contributed by atoms with Gasteiger partial charge in [0.15, 0.2) is 0 Å². The lowest BCUT2D eigenvalue weighted by Gasteiger charge is -2.16. The summed E-state index contributed by atoms with van der Waals surface area (Å²) in [5, 5.41) is 3.51. The predicted octanol–water partition coefficient (Wildman–Crippen LogP) is 3.85. The number of hydrogen-bond acceptors (Lipinski definition) is 2. The largest absolute Gasteiger partial charge is 0.492 e. The maximum absolute atomic E-state index is 5.67. The Kier molecular flexibility index (Phi) is 5.51. The molecule has 3 heteroatoms. The molecule has 2 atom stereocenters. The summed E-state index contributed by atoms with van der Waals surface area (Å²) in [6.45, 7) is 5.19. The minimum absolute atomic E-state index is 0.739. The molecule has 0 aliphatic heterocycles. The molecule has 0 amide bonds. The SMILES string of the molecule is CC1CCCC1CNCCOc1ccc(Br)cc1. The van der Waals surface area contributed by atoms with Crippen LogP contribution in [-0.4, -0.2) is 19.7 Å². The average molecular weight is 312 g/mol. The fourth-order valence-electron chi connectivity index (χ4n) is 2.58. The second-order valence-corrected chi connectivity index (χ2v) is 6.09. The molecule has 1 saturated carbocycles. The highest BCUT2D eigenvalue weighted by Crippen LogP contribution is 2.30. The van der Waals surface area contributed by atoms with Crippen molar-refractivity contribution in [1.82, 2.24) is 5.32 Å². The molecule has 0 heterocycles. The van der Waals surface area contributed by atoms with E-state index in [9.17, 15) is 0 Å². The fourth-order valence-corrected chi connectivity index (χ4v) is 2.85. The number of rotatable bonds is 6. The van der Waals surface area contributed by atoms with Gasteiger partial charge in [0.2, 0.25) is 0 Å². The first-order valence-corrected chi connectivity index (χ1v) is 7.64. The Morgan fingerprint density at radius 1 is 1.28 bits per heavy atom. The van der Waals surface area contributed by atoms with Crippen LogP contribution in [0, 0.1) is 11.8 Å². The van der Waals surface area contributed by atoms with Gasteiger partial charge >= 0.3 is 0 Å². The Morgan fingerprint density at radius 3 is 2.72 bits per heavy atom. The van der Waals surface area contributed by atoms with Gasteiger partial charge in [-0.15, -0.1) is 0 Å². The summed E-state index contributed by atoms with van der Waals surface area (Å²) < 4.78 is 6.76. The van der Waals surface area contributed by atoms with Gasteiger partial charge in [0.25, 0.3) is 0 Å². The molecule has 1 aromatic rings. The zero-order valence-corrected chi connectivity index (χ0v) is 12.6. The Labute approximate surface area is 118 Å². The van der Waals surface area contributed by atoms with Gasteiger partial charge < -0.3 is 10.1 Å². The van der Waals surface area contributed by atoms with Crippen LogP contribution in [-0.2, 0) is 0 Å². The molecule has 0 radical (unpaired) electrons. The van der Waals surface area contributed by atoms with Crippen molar-refractivity contribution in [1.29, 1.82) is 0 Å². The van der Waals surface area contributed by atoms with Gasteiger partial charge in [-0.2, -0.15) is 0 Å². The molecular weight excluding hydrogens is 290 g/mol. The van der Waals surface area contributed by atoms with Crippen molar-refractivity contribution in [3.63, 3.8) is 0 Å². The van der Waals surface area contributed by atoms with Crippen molar-refractivity contribution < 1.29 is 4.74 Å². The minimum Gasteiger partial charge on any atom is -0.492 e. The summed E-state index contributed by atoms with van der Waals surface area (Å²) in [6, 6.07) is 7.98. The van der Waals surface area contributed by atoms with Gasteiger partial charge in [-0.3, -0.25) is 0 Å². The van der Waals surface area contributed by atoms with Crippen molar-refractivity contribution in [3.8, 4) is 5.75 Å². The summed E-state index contributed by atoms with van der Waals surface area (Å²) in [6.07, 6.45) is 4.20. The smallest absolute Gasteiger partial charge is 0.119 e. The van der Waals surface area contributed by atoms with E-state index in [0.29, 0.717) is 0 Å². The summed E-state index contributed by atoms with van der Waals surface area (Å²) in [5.74, 6) is 2.71. The third-order valence-corrected chi connectivity index (χ3v) is 4.34. The lowest BCUT2D eigenvalue weighted by atomic mass is 9.98. The minimum atomic E-state index is 0.739. The standard InChI is InChI=1S/C15H22BrNO/c1-12-3-2-4-13(12)11-17-9-10-18-15-7-5-14(16)6-8-15/h5-8,12-13,17H,2-4,9-11H2,1H3. The number of benzene rings is 1. The quantitative estimate of drug-likeness (QED) is 0.806. The van der Waals surface area contributed by atoms with Gasteiger partial charge in [-0.1, -0.05) is 35.7 Å². The summed E-state index contributed by atoms with van der Waals surface area (Å²) in [4.78, 5) is 0. The van der Waals surface area contributed by atoms with Gasteiger partial charge in [0.1, 0.15) is 12.4 Å². The van der Waals surface area contributed by atoms with Crippen molar-refractivity contribution in [2.24, 2.45) is 11.8 Å². The van der Waals surface area contributed by atoms with Crippen LogP contribution < -0.4 is 10.1 Å². The van der Waals surface area contributed by atoms with E-state index in [4.69, 9.17) is 4.74 Å². The molecule has 0 spiro atoms. The topological polar surface area (TPSA) is 21.3 Å². The molecule has 1 aromatic carbocycles. The molecule has 100 valence electrons. The van der Waals surface area contributed by atoms with Gasteiger partial charge in [-0.25, -0.2) is 0 Å². The summed E-state index contributed by atoms with van der Waals surface area (Å²) >= 11 is 3.41. The lowest BCUT2D eigenvalue weighted by molar-refractivity contribution is 0.302. The van der Waals surface area contributed by atoms with E-state index in [2.05, 4.69) is 28.2 Å². The van der Waals surface area contributed by atoms with Crippen molar-refractivity contribution in [2.45, 2.75) is 26.2 Å². The van der Waals surface area contributed by atoms with Crippen LogP contribution in [0.25, 0.3) is 0 Å². The first-order valence-electron chi connectivity index (χ1n) is 6.85. The molecule has 1 N–H and O–H groups in total. The van der Waals surface area contributed by atoms with E-state index in [1.54, 1.807) is 0 Å². The highest BCUT2D eigenvalue weighted by atomic mass is 79.9. The number of nitrogens with one attached hydrogen (secondary N) is 1. The Morgan fingerprint density at radius 2 is 2.06 bits per heavy atom. The van der Waals surface area contributed by atoms with Gasteiger partial charge in [0.05, 0.1) is 0 Å².